The van der Waals surface area contributed by atoms with Crippen molar-refractivity contribution in [2.75, 3.05) is 18.5 Å². The molecule has 2 N–H and O–H groups in total. The molecule has 4 nitrogen and oxygen atoms in total. The first kappa shape index (κ1) is 12.8. The number of nitrogens with one attached hydrogen (secondary N) is 1. The number of anilines is 1. The minimum atomic E-state index is -0.682. The summed E-state index contributed by atoms with van der Waals surface area (Å²) < 4.78 is 5.24. The molecule has 1 aromatic heterocycles. The summed E-state index contributed by atoms with van der Waals surface area (Å²) in [4.78, 5) is 4.13. The Balaban J connectivity index is 2.49. The van der Waals surface area contributed by atoms with Crippen molar-refractivity contribution in [1.29, 1.82) is 0 Å². The molecule has 90 valence electrons. The van der Waals surface area contributed by atoms with Gasteiger partial charge in [0.25, 0.3) is 0 Å². The summed E-state index contributed by atoms with van der Waals surface area (Å²) in [5, 5.41) is 13.0. The van der Waals surface area contributed by atoms with Crippen molar-refractivity contribution in [3.05, 3.63) is 18.3 Å². The first-order chi connectivity index (χ1) is 7.57. The maximum Gasteiger partial charge on any atom is 0.213 e. The number of nitrogens with zero attached hydrogens (tertiary/aromatic N) is 1. The summed E-state index contributed by atoms with van der Waals surface area (Å²) >= 11 is 0. The molecule has 1 aromatic rings. The standard InChI is InChI=1S/C12H20N2O2/c1-4-12(3,15)9-14-10-6-7-11(13-8-10)16-5-2/h6-8,14-15H,4-5,9H2,1-3H3. The average molecular weight is 224 g/mol. The molecule has 0 radical (unpaired) electrons. The molecular formula is C12H20N2O2. The van der Waals surface area contributed by atoms with Gasteiger partial charge in [0.15, 0.2) is 0 Å². The molecule has 4 heteroatoms. The van der Waals surface area contributed by atoms with Crippen LogP contribution < -0.4 is 10.1 Å². The fourth-order valence-corrected chi connectivity index (χ4v) is 1.14. The lowest BCUT2D eigenvalue weighted by molar-refractivity contribution is 0.0697. The minimum Gasteiger partial charge on any atom is -0.478 e. The van der Waals surface area contributed by atoms with Crippen LogP contribution in [-0.4, -0.2) is 28.8 Å². The van der Waals surface area contributed by atoms with Crippen molar-refractivity contribution >= 4 is 5.69 Å². The third-order valence-corrected chi connectivity index (χ3v) is 2.46. The lowest BCUT2D eigenvalue weighted by Gasteiger charge is -2.22. The summed E-state index contributed by atoms with van der Waals surface area (Å²) in [6.45, 7) is 6.82. The number of hydrogen-bond acceptors (Lipinski definition) is 4. The van der Waals surface area contributed by atoms with E-state index in [1.807, 2.05) is 32.9 Å². The molecule has 0 amide bonds. The number of pyridine rings is 1. The van der Waals surface area contributed by atoms with Crippen molar-refractivity contribution in [1.82, 2.24) is 4.98 Å². The highest BCUT2D eigenvalue weighted by molar-refractivity contribution is 5.42. The van der Waals surface area contributed by atoms with Gasteiger partial charge < -0.3 is 15.2 Å². The maximum atomic E-state index is 9.82. The number of aromatic nitrogens is 1. The first-order valence-corrected chi connectivity index (χ1v) is 5.62. The van der Waals surface area contributed by atoms with Crippen LogP contribution in [0.25, 0.3) is 0 Å². The predicted octanol–water partition coefficient (Wildman–Crippen LogP) is 2.05. The van der Waals surface area contributed by atoms with Crippen LogP contribution in [-0.2, 0) is 0 Å². The van der Waals surface area contributed by atoms with E-state index in [0.29, 0.717) is 25.5 Å². The molecule has 1 rings (SSSR count). The lowest BCUT2D eigenvalue weighted by Crippen LogP contribution is -2.32. The SMILES string of the molecule is CCOc1ccc(NCC(C)(O)CC)cn1. The van der Waals surface area contributed by atoms with Crippen LogP contribution in [0.2, 0.25) is 0 Å². The Kier molecular flexibility index (Phi) is 4.55. The van der Waals surface area contributed by atoms with Gasteiger partial charge in [-0.25, -0.2) is 4.98 Å². The van der Waals surface area contributed by atoms with E-state index in [-0.39, 0.29) is 0 Å². The highest BCUT2D eigenvalue weighted by Gasteiger charge is 2.16. The van der Waals surface area contributed by atoms with E-state index in [0.717, 1.165) is 5.69 Å². The van der Waals surface area contributed by atoms with Gasteiger partial charge >= 0.3 is 0 Å². The van der Waals surface area contributed by atoms with Crippen LogP contribution in [0.1, 0.15) is 27.2 Å². The van der Waals surface area contributed by atoms with Crippen LogP contribution in [0.3, 0.4) is 0 Å². The fraction of sp³-hybridized carbons (Fsp3) is 0.583. The summed E-state index contributed by atoms with van der Waals surface area (Å²) in [7, 11) is 0. The molecule has 1 heterocycles. The fourth-order valence-electron chi connectivity index (χ4n) is 1.14. The summed E-state index contributed by atoms with van der Waals surface area (Å²) in [5.74, 6) is 0.621. The third kappa shape index (κ3) is 4.06. The van der Waals surface area contributed by atoms with Gasteiger partial charge in [-0.05, 0) is 26.3 Å². The molecule has 0 aliphatic carbocycles. The Hall–Kier alpha value is -1.29. The molecule has 0 fully saturated rings. The topological polar surface area (TPSA) is 54.4 Å². The van der Waals surface area contributed by atoms with Gasteiger partial charge in [-0.3, -0.25) is 0 Å². The van der Waals surface area contributed by atoms with Crippen LogP contribution in [0.15, 0.2) is 18.3 Å². The smallest absolute Gasteiger partial charge is 0.213 e. The highest BCUT2D eigenvalue weighted by Crippen LogP contribution is 2.14. The third-order valence-electron chi connectivity index (χ3n) is 2.46. The highest BCUT2D eigenvalue weighted by atomic mass is 16.5. The minimum absolute atomic E-state index is 0.513. The Bertz CT molecular complexity index is 309. The van der Waals surface area contributed by atoms with Crippen molar-refractivity contribution < 1.29 is 9.84 Å². The van der Waals surface area contributed by atoms with E-state index in [2.05, 4.69) is 10.3 Å². The zero-order valence-corrected chi connectivity index (χ0v) is 10.2. The number of hydrogen-bond donors (Lipinski definition) is 2. The second-order valence-electron chi connectivity index (χ2n) is 4.02. The van der Waals surface area contributed by atoms with Gasteiger partial charge in [0.1, 0.15) is 0 Å². The van der Waals surface area contributed by atoms with Gasteiger partial charge in [0.05, 0.1) is 24.1 Å². The van der Waals surface area contributed by atoms with Crippen LogP contribution in [0.5, 0.6) is 5.88 Å². The van der Waals surface area contributed by atoms with Crippen molar-refractivity contribution in [2.24, 2.45) is 0 Å². The van der Waals surface area contributed by atoms with E-state index in [9.17, 15) is 5.11 Å². The molecule has 1 unspecified atom stereocenters. The van der Waals surface area contributed by atoms with Gasteiger partial charge in [-0.15, -0.1) is 0 Å². The van der Waals surface area contributed by atoms with Crippen LogP contribution >= 0.6 is 0 Å². The van der Waals surface area contributed by atoms with Gasteiger partial charge in [0.2, 0.25) is 5.88 Å². The quantitative estimate of drug-likeness (QED) is 0.776. The Labute approximate surface area is 96.7 Å². The Morgan fingerprint density at radius 3 is 2.69 bits per heavy atom. The predicted molar refractivity (Wildman–Crippen MR) is 64.8 cm³/mol. The second kappa shape index (κ2) is 5.70. The van der Waals surface area contributed by atoms with Crippen LogP contribution in [0, 0.1) is 0 Å². The molecule has 0 bridgehead atoms. The zero-order chi connectivity index (χ0) is 12.0. The molecule has 0 spiro atoms. The van der Waals surface area contributed by atoms with Crippen LogP contribution in [0.4, 0.5) is 5.69 Å². The van der Waals surface area contributed by atoms with E-state index >= 15 is 0 Å². The maximum absolute atomic E-state index is 9.82. The summed E-state index contributed by atoms with van der Waals surface area (Å²) in [6.07, 6.45) is 2.42. The molecule has 1 atom stereocenters. The normalized spacial score (nSPS) is 14.2. The summed E-state index contributed by atoms with van der Waals surface area (Å²) in [5.41, 5.74) is 0.204. The van der Waals surface area contributed by atoms with Gasteiger partial charge in [-0.2, -0.15) is 0 Å². The molecule has 0 saturated heterocycles. The van der Waals surface area contributed by atoms with E-state index in [1.165, 1.54) is 0 Å². The molecule has 16 heavy (non-hydrogen) atoms. The largest absolute Gasteiger partial charge is 0.478 e. The molecule has 0 saturated carbocycles. The Morgan fingerprint density at radius 2 is 2.19 bits per heavy atom. The van der Waals surface area contributed by atoms with Crippen molar-refractivity contribution in [2.45, 2.75) is 32.8 Å². The molecule has 0 aliphatic rings. The molecule has 0 aromatic carbocycles. The first-order valence-electron chi connectivity index (χ1n) is 5.62. The van der Waals surface area contributed by atoms with Gasteiger partial charge in [-0.1, -0.05) is 6.92 Å². The number of rotatable bonds is 6. The second-order valence-corrected chi connectivity index (χ2v) is 4.02. The number of ether oxygens (including phenoxy) is 1. The molecule has 0 aliphatic heterocycles. The van der Waals surface area contributed by atoms with Gasteiger partial charge in [0, 0.05) is 12.6 Å². The van der Waals surface area contributed by atoms with E-state index < -0.39 is 5.60 Å². The molecular weight excluding hydrogens is 204 g/mol. The lowest BCUT2D eigenvalue weighted by atomic mass is 10.0. The van der Waals surface area contributed by atoms with E-state index in [1.54, 1.807) is 6.20 Å². The summed E-state index contributed by atoms with van der Waals surface area (Å²) in [6, 6.07) is 3.70. The van der Waals surface area contributed by atoms with E-state index in [4.69, 9.17) is 4.74 Å². The van der Waals surface area contributed by atoms with Crippen molar-refractivity contribution in [3.8, 4) is 5.88 Å². The zero-order valence-electron chi connectivity index (χ0n) is 10.2. The average Bonchev–Trinajstić information content (AvgIpc) is 2.29. The van der Waals surface area contributed by atoms with Crippen molar-refractivity contribution in [3.63, 3.8) is 0 Å². The number of aliphatic hydroxyl groups is 1. The monoisotopic (exact) mass is 224 g/mol. The Morgan fingerprint density at radius 1 is 1.44 bits per heavy atom.